The molecule has 0 aliphatic rings. The molecular formula is C14H12N2O6S2. The van der Waals surface area contributed by atoms with Gasteiger partial charge in [0.2, 0.25) is 0 Å². The largest absolute Gasteiger partial charge is 0.301 e. The van der Waals surface area contributed by atoms with Crippen molar-refractivity contribution in [1.82, 2.24) is 0 Å². The van der Waals surface area contributed by atoms with Crippen molar-refractivity contribution in [1.29, 1.82) is 0 Å². The molecule has 0 aliphatic heterocycles. The van der Waals surface area contributed by atoms with Gasteiger partial charge in [0.1, 0.15) is 4.90 Å². The van der Waals surface area contributed by atoms with Crippen molar-refractivity contribution in [2.75, 3.05) is 6.26 Å². The van der Waals surface area contributed by atoms with E-state index in [4.69, 9.17) is 0 Å². The maximum absolute atomic E-state index is 11.7. The van der Waals surface area contributed by atoms with Crippen molar-refractivity contribution in [2.45, 2.75) is 15.5 Å². The highest BCUT2D eigenvalue weighted by atomic mass is 32.2. The van der Waals surface area contributed by atoms with Gasteiger partial charge in [-0.2, -0.15) is 0 Å². The zero-order chi connectivity index (χ0) is 17.9. The van der Waals surface area contributed by atoms with E-state index in [1.165, 1.54) is 30.3 Å². The Hall–Kier alpha value is -2.46. The van der Waals surface area contributed by atoms with Crippen molar-refractivity contribution in [3.8, 4) is 0 Å². The fraction of sp³-hybridized carbons (Fsp3) is 0.143. The summed E-state index contributed by atoms with van der Waals surface area (Å²) in [6.07, 6.45) is 0.917. The van der Waals surface area contributed by atoms with Crippen LogP contribution in [0.2, 0.25) is 0 Å². The van der Waals surface area contributed by atoms with Gasteiger partial charge in [-0.1, -0.05) is 18.2 Å². The van der Waals surface area contributed by atoms with E-state index in [9.17, 15) is 28.6 Å². The topological polar surface area (TPSA) is 120 Å². The lowest BCUT2D eigenvalue weighted by molar-refractivity contribution is -0.390. The molecule has 2 aromatic carbocycles. The van der Waals surface area contributed by atoms with Gasteiger partial charge < -0.3 is 0 Å². The van der Waals surface area contributed by atoms with Crippen molar-refractivity contribution >= 4 is 33.0 Å². The van der Waals surface area contributed by atoms with E-state index in [2.05, 4.69) is 0 Å². The number of sulfone groups is 1. The normalized spacial score (nSPS) is 11.2. The molecule has 0 aromatic heterocycles. The van der Waals surface area contributed by atoms with Crippen LogP contribution in [0.1, 0.15) is 5.56 Å². The van der Waals surface area contributed by atoms with E-state index in [0.29, 0.717) is 5.75 Å². The van der Waals surface area contributed by atoms with Crippen molar-refractivity contribution in [2.24, 2.45) is 0 Å². The third-order valence-corrected chi connectivity index (χ3v) is 5.33. The van der Waals surface area contributed by atoms with Crippen molar-refractivity contribution in [3.05, 3.63) is 68.3 Å². The van der Waals surface area contributed by atoms with E-state index in [1.807, 2.05) is 0 Å². The number of rotatable bonds is 6. The SMILES string of the molecule is CS(=O)(=O)c1cccc(SCc2ccc([N+](=O)[O-])cc2)c1[N+](=O)[O-]. The molecular weight excluding hydrogens is 356 g/mol. The molecule has 10 heteroatoms. The van der Waals surface area contributed by atoms with Crippen LogP contribution in [-0.2, 0) is 15.6 Å². The van der Waals surface area contributed by atoms with Crippen molar-refractivity contribution in [3.63, 3.8) is 0 Å². The predicted molar refractivity (Wildman–Crippen MR) is 88.9 cm³/mol. The summed E-state index contributed by atoms with van der Waals surface area (Å²) in [6, 6.07) is 9.91. The molecule has 0 N–H and O–H groups in total. The molecule has 0 heterocycles. The number of benzene rings is 2. The minimum absolute atomic E-state index is 0.0474. The maximum atomic E-state index is 11.7. The number of hydrogen-bond acceptors (Lipinski definition) is 7. The molecule has 0 saturated carbocycles. The number of hydrogen-bond donors (Lipinski definition) is 0. The third kappa shape index (κ3) is 4.09. The molecule has 0 amide bonds. The first-order chi connectivity index (χ1) is 11.2. The third-order valence-electron chi connectivity index (χ3n) is 3.09. The van der Waals surface area contributed by atoms with Crippen LogP contribution in [0.4, 0.5) is 11.4 Å². The summed E-state index contributed by atoms with van der Waals surface area (Å²) in [7, 11) is -3.73. The first-order valence-electron chi connectivity index (χ1n) is 6.53. The second-order valence-electron chi connectivity index (χ2n) is 4.84. The molecule has 2 rings (SSSR count). The van der Waals surface area contributed by atoms with Gasteiger partial charge in [-0.25, -0.2) is 8.42 Å². The molecule has 0 unspecified atom stereocenters. The summed E-state index contributed by atoms with van der Waals surface area (Å²) >= 11 is 1.10. The summed E-state index contributed by atoms with van der Waals surface area (Å²) in [5.41, 5.74) is 0.227. The Morgan fingerprint density at radius 3 is 2.12 bits per heavy atom. The van der Waals surface area contributed by atoms with E-state index < -0.39 is 25.4 Å². The van der Waals surface area contributed by atoms with Gasteiger partial charge in [0.15, 0.2) is 9.84 Å². The molecule has 0 radical (unpaired) electrons. The van der Waals surface area contributed by atoms with Gasteiger partial charge >= 0.3 is 5.69 Å². The van der Waals surface area contributed by atoms with Crippen LogP contribution in [0.5, 0.6) is 0 Å². The predicted octanol–water partition coefficient (Wildman–Crippen LogP) is 3.20. The fourth-order valence-corrected chi connectivity index (χ4v) is 3.91. The lowest BCUT2D eigenvalue weighted by atomic mass is 10.2. The standard InChI is InChI=1S/C14H12N2O6S2/c1-24(21,22)13-4-2-3-12(14(13)16(19)20)23-9-10-5-7-11(8-6-10)15(17)18/h2-8H,9H2,1H3. The van der Waals surface area contributed by atoms with Crippen LogP contribution in [0, 0.1) is 20.2 Å². The highest BCUT2D eigenvalue weighted by Crippen LogP contribution is 2.36. The zero-order valence-electron chi connectivity index (χ0n) is 12.4. The van der Waals surface area contributed by atoms with Gasteiger partial charge in [0.25, 0.3) is 5.69 Å². The molecule has 0 atom stereocenters. The number of nitro groups is 2. The Labute approximate surface area is 141 Å². The van der Waals surface area contributed by atoms with Crippen molar-refractivity contribution < 1.29 is 18.3 Å². The minimum atomic E-state index is -3.73. The molecule has 0 fully saturated rings. The van der Waals surface area contributed by atoms with Crippen LogP contribution in [0.3, 0.4) is 0 Å². The minimum Gasteiger partial charge on any atom is -0.258 e. The summed E-state index contributed by atoms with van der Waals surface area (Å²) in [6.45, 7) is 0. The second-order valence-corrected chi connectivity index (χ2v) is 7.85. The molecule has 0 bridgehead atoms. The molecule has 0 saturated heterocycles. The first-order valence-corrected chi connectivity index (χ1v) is 9.41. The van der Waals surface area contributed by atoms with E-state index in [0.717, 1.165) is 23.6 Å². The number of nitro benzene ring substituents is 2. The Kier molecular flexibility index (Phi) is 5.20. The Bertz CT molecular complexity index is 894. The monoisotopic (exact) mass is 368 g/mol. The molecule has 2 aromatic rings. The fourth-order valence-electron chi connectivity index (χ4n) is 1.97. The van der Waals surface area contributed by atoms with Crippen LogP contribution in [0.25, 0.3) is 0 Å². The highest BCUT2D eigenvalue weighted by molar-refractivity contribution is 7.98. The smallest absolute Gasteiger partial charge is 0.258 e. The number of para-hydroxylation sites is 1. The maximum Gasteiger partial charge on any atom is 0.301 e. The van der Waals surface area contributed by atoms with Crippen LogP contribution < -0.4 is 0 Å². The van der Waals surface area contributed by atoms with Crippen LogP contribution in [0.15, 0.2) is 52.3 Å². The van der Waals surface area contributed by atoms with Gasteiger partial charge in [-0.15, -0.1) is 11.8 Å². The number of non-ortho nitro benzene ring substituents is 1. The number of thioether (sulfide) groups is 1. The molecule has 0 aliphatic carbocycles. The molecule has 126 valence electrons. The van der Waals surface area contributed by atoms with Gasteiger partial charge in [0, 0.05) is 24.1 Å². The summed E-state index contributed by atoms with van der Waals surface area (Å²) in [4.78, 5) is 20.5. The lowest BCUT2D eigenvalue weighted by Gasteiger charge is -2.06. The zero-order valence-corrected chi connectivity index (χ0v) is 14.0. The van der Waals surface area contributed by atoms with E-state index >= 15 is 0 Å². The molecule has 0 spiro atoms. The van der Waals surface area contributed by atoms with Gasteiger partial charge in [-0.05, 0) is 17.7 Å². The summed E-state index contributed by atoms with van der Waals surface area (Å²) in [5.74, 6) is 0.312. The van der Waals surface area contributed by atoms with Crippen LogP contribution >= 0.6 is 11.8 Å². The van der Waals surface area contributed by atoms with E-state index in [-0.39, 0.29) is 15.5 Å². The Balaban J connectivity index is 2.30. The Morgan fingerprint density at radius 2 is 1.62 bits per heavy atom. The Morgan fingerprint density at radius 1 is 1.00 bits per heavy atom. The van der Waals surface area contributed by atoms with Gasteiger partial charge in [-0.3, -0.25) is 20.2 Å². The second kappa shape index (κ2) is 6.97. The summed E-state index contributed by atoms with van der Waals surface area (Å²) < 4.78 is 23.4. The van der Waals surface area contributed by atoms with Crippen LogP contribution in [-0.4, -0.2) is 24.5 Å². The number of nitrogens with zero attached hydrogens (tertiary/aromatic N) is 2. The average Bonchev–Trinajstić information content (AvgIpc) is 2.51. The molecule has 8 nitrogen and oxygen atoms in total. The highest BCUT2D eigenvalue weighted by Gasteiger charge is 2.26. The lowest BCUT2D eigenvalue weighted by Crippen LogP contribution is -2.03. The average molecular weight is 368 g/mol. The quantitative estimate of drug-likeness (QED) is 0.436. The first kappa shape index (κ1) is 17.9. The van der Waals surface area contributed by atoms with E-state index in [1.54, 1.807) is 12.1 Å². The molecule has 24 heavy (non-hydrogen) atoms. The summed E-state index contributed by atoms with van der Waals surface area (Å²) in [5, 5.41) is 21.9. The van der Waals surface area contributed by atoms with Gasteiger partial charge in [0.05, 0.1) is 14.7 Å².